The molecule has 1 aromatic heterocycles. The Labute approximate surface area is 172 Å². The third-order valence-corrected chi connectivity index (χ3v) is 5.18. The van der Waals surface area contributed by atoms with Crippen molar-refractivity contribution in [3.05, 3.63) is 82.1 Å². The highest BCUT2D eigenvalue weighted by Gasteiger charge is 2.29. The van der Waals surface area contributed by atoms with Crippen LogP contribution in [0, 0.1) is 6.92 Å². The highest BCUT2D eigenvalue weighted by molar-refractivity contribution is 6.33. The van der Waals surface area contributed by atoms with Gasteiger partial charge in [-0.2, -0.15) is 0 Å². The zero-order chi connectivity index (χ0) is 20.5. The monoisotopic (exact) mass is 408 g/mol. The number of anilines is 1. The number of fused-ring (bicyclic) bond motifs is 3. The van der Waals surface area contributed by atoms with Gasteiger partial charge in [0.15, 0.2) is 5.15 Å². The Bertz CT molecular complexity index is 1080. The van der Waals surface area contributed by atoms with E-state index in [4.69, 9.17) is 16.3 Å². The lowest BCUT2D eigenvalue weighted by atomic mass is 9.98. The molecule has 146 valence electrons. The number of carboxylic acid groups (broad SMARTS) is 1. The third kappa shape index (κ3) is 3.54. The number of amides is 1. The minimum Gasteiger partial charge on any atom is -0.478 e. The van der Waals surface area contributed by atoms with Gasteiger partial charge in [-0.3, -0.25) is 5.32 Å². The summed E-state index contributed by atoms with van der Waals surface area (Å²) in [7, 11) is 0. The van der Waals surface area contributed by atoms with Crippen LogP contribution in [0.5, 0.6) is 0 Å². The van der Waals surface area contributed by atoms with Crippen molar-refractivity contribution in [3.63, 3.8) is 0 Å². The van der Waals surface area contributed by atoms with E-state index in [1.165, 1.54) is 6.07 Å². The molecule has 1 aliphatic rings. The van der Waals surface area contributed by atoms with Gasteiger partial charge in [0.2, 0.25) is 0 Å². The Morgan fingerprint density at radius 3 is 2.28 bits per heavy atom. The van der Waals surface area contributed by atoms with E-state index in [0.29, 0.717) is 5.69 Å². The Balaban J connectivity index is 1.54. The molecule has 0 saturated heterocycles. The number of carbonyl (C=O) groups is 2. The van der Waals surface area contributed by atoms with Gasteiger partial charge in [-0.25, -0.2) is 14.6 Å². The average Bonchev–Trinajstić information content (AvgIpc) is 3.02. The summed E-state index contributed by atoms with van der Waals surface area (Å²) in [5, 5.41) is 11.7. The molecule has 1 aliphatic carbocycles. The number of aromatic carboxylic acids is 1. The van der Waals surface area contributed by atoms with Crippen LogP contribution in [0.1, 0.15) is 33.1 Å². The minimum absolute atomic E-state index is 0.0815. The van der Waals surface area contributed by atoms with Crippen molar-refractivity contribution < 1.29 is 19.4 Å². The Kier molecular flexibility index (Phi) is 4.94. The Hall–Kier alpha value is -3.38. The minimum atomic E-state index is -1.22. The SMILES string of the molecule is Cc1cc(C(=O)O)c(NC(=O)OCC2c3ccccc3-c3ccccc32)c(Cl)n1. The van der Waals surface area contributed by atoms with Crippen LogP contribution < -0.4 is 5.32 Å². The largest absolute Gasteiger partial charge is 0.478 e. The first-order chi connectivity index (χ1) is 14.0. The molecule has 1 amide bonds. The Morgan fingerprint density at radius 2 is 1.69 bits per heavy atom. The van der Waals surface area contributed by atoms with Crippen molar-refractivity contribution in [2.75, 3.05) is 11.9 Å². The highest BCUT2D eigenvalue weighted by Crippen LogP contribution is 2.44. The van der Waals surface area contributed by atoms with E-state index in [1.54, 1.807) is 6.92 Å². The molecule has 3 aromatic rings. The summed E-state index contributed by atoms with van der Waals surface area (Å²) in [4.78, 5) is 27.9. The summed E-state index contributed by atoms with van der Waals surface area (Å²) in [6.07, 6.45) is -0.790. The average molecular weight is 409 g/mol. The Morgan fingerprint density at radius 1 is 1.10 bits per heavy atom. The number of aryl methyl sites for hydroxylation is 1. The second kappa shape index (κ2) is 7.56. The summed E-state index contributed by atoms with van der Waals surface area (Å²) in [5.41, 5.74) is 4.63. The molecule has 0 atom stereocenters. The maximum absolute atomic E-state index is 12.4. The number of carboxylic acids is 1. The summed E-state index contributed by atoms with van der Waals surface area (Å²) in [6, 6.07) is 17.3. The summed E-state index contributed by atoms with van der Waals surface area (Å²) >= 11 is 6.04. The van der Waals surface area contributed by atoms with Crippen molar-refractivity contribution >= 4 is 29.4 Å². The van der Waals surface area contributed by atoms with Crippen molar-refractivity contribution in [3.8, 4) is 11.1 Å². The molecule has 1 heterocycles. The van der Waals surface area contributed by atoms with E-state index in [0.717, 1.165) is 22.3 Å². The maximum Gasteiger partial charge on any atom is 0.411 e. The maximum atomic E-state index is 12.4. The normalized spacial score (nSPS) is 12.2. The molecule has 0 spiro atoms. The molecule has 29 heavy (non-hydrogen) atoms. The van der Waals surface area contributed by atoms with Gasteiger partial charge in [0, 0.05) is 11.6 Å². The van der Waals surface area contributed by atoms with E-state index >= 15 is 0 Å². The first-order valence-electron chi connectivity index (χ1n) is 8.98. The first kappa shape index (κ1) is 19.0. The fraction of sp³-hybridized carbons (Fsp3) is 0.136. The number of nitrogens with zero attached hydrogens (tertiary/aromatic N) is 1. The topological polar surface area (TPSA) is 88.5 Å². The molecule has 2 aromatic carbocycles. The van der Waals surface area contributed by atoms with Crippen LogP contribution in [0.15, 0.2) is 54.6 Å². The fourth-order valence-electron chi connectivity index (χ4n) is 3.66. The van der Waals surface area contributed by atoms with Crippen LogP contribution in [0.25, 0.3) is 11.1 Å². The van der Waals surface area contributed by atoms with Gasteiger partial charge in [0.1, 0.15) is 6.61 Å². The number of ether oxygens (including phenoxy) is 1. The molecule has 2 N–H and O–H groups in total. The van der Waals surface area contributed by atoms with E-state index in [9.17, 15) is 14.7 Å². The zero-order valence-corrected chi connectivity index (χ0v) is 16.2. The molecule has 0 saturated carbocycles. The molecular formula is C22H17ClN2O4. The predicted octanol–water partition coefficient (Wildman–Crippen LogP) is 5.10. The second-order valence-electron chi connectivity index (χ2n) is 6.73. The van der Waals surface area contributed by atoms with Crippen LogP contribution in [0.2, 0.25) is 5.15 Å². The van der Waals surface area contributed by atoms with Gasteiger partial charge in [-0.1, -0.05) is 60.1 Å². The molecule has 0 aliphatic heterocycles. The van der Waals surface area contributed by atoms with Crippen LogP contribution in [0.4, 0.5) is 10.5 Å². The van der Waals surface area contributed by atoms with Crippen molar-refractivity contribution in [2.24, 2.45) is 0 Å². The molecule has 0 unspecified atom stereocenters. The van der Waals surface area contributed by atoms with Crippen LogP contribution in [-0.2, 0) is 4.74 Å². The number of carbonyl (C=O) groups excluding carboxylic acids is 1. The van der Waals surface area contributed by atoms with E-state index in [1.807, 2.05) is 48.5 Å². The lowest BCUT2D eigenvalue weighted by molar-refractivity contribution is 0.0697. The van der Waals surface area contributed by atoms with Gasteiger partial charge in [0.25, 0.3) is 0 Å². The number of hydrogen-bond acceptors (Lipinski definition) is 4. The molecule has 0 fully saturated rings. The molecule has 6 nitrogen and oxygen atoms in total. The second-order valence-corrected chi connectivity index (χ2v) is 7.09. The quantitative estimate of drug-likeness (QED) is 0.586. The molecule has 4 rings (SSSR count). The number of rotatable bonds is 4. The lowest BCUT2D eigenvalue weighted by Crippen LogP contribution is -2.20. The van der Waals surface area contributed by atoms with Crippen LogP contribution >= 0.6 is 11.6 Å². The fourth-order valence-corrected chi connectivity index (χ4v) is 3.94. The zero-order valence-electron chi connectivity index (χ0n) is 15.5. The number of halogens is 1. The van der Waals surface area contributed by atoms with Crippen LogP contribution in [0.3, 0.4) is 0 Å². The van der Waals surface area contributed by atoms with E-state index < -0.39 is 12.1 Å². The number of nitrogens with one attached hydrogen (secondary N) is 1. The molecule has 7 heteroatoms. The van der Waals surface area contributed by atoms with Gasteiger partial charge in [-0.05, 0) is 35.2 Å². The third-order valence-electron chi connectivity index (χ3n) is 4.90. The summed E-state index contributed by atoms with van der Waals surface area (Å²) in [5.74, 6) is -1.31. The lowest BCUT2D eigenvalue weighted by Gasteiger charge is -2.15. The molecular weight excluding hydrogens is 392 g/mol. The highest BCUT2D eigenvalue weighted by atomic mass is 35.5. The number of hydrogen-bond donors (Lipinski definition) is 2. The van der Waals surface area contributed by atoms with Gasteiger partial charge < -0.3 is 9.84 Å². The van der Waals surface area contributed by atoms with Gasteiger partial charge in [-0.15, -0.1) is 0 Å². The predicted molar refractivity (Wildman–Crippen MR) is 110 cm³/mol. The van der Waals surface area contributed by atoms with E-state index in [2.05, 4.69) is 10.3 Å². The van der Waals surface area contributed by atoms with Crippen molar-refractivity contribution in [1.29, 1.82) is 0 Å². The van der Waals surface area contributed by atoms with E-state index in [-0.39, 0.29) is 28.9 Å². The van der Waals surface area contributed by atoms with Crippen molar-refractivity contribution in [1.82, 2.24) is 4.98 Å². The molecule has 0 bridgehead atoms. The van der Waals surface area contributed by atoms with Crippen LogP contribution in [-0.4, -0.2) is 28.8 Å². The smallest absolute Gasteiger partial charge is 0.411 e. The first-order valence-corrected chi connectivity index (χ1v) is 9.36. The van der Waals surface area contributed by atoms with Gasteiger partial charge in [0.05, 0.1) is 11.3 Å². The summed E-state index contributed by atoms with van der Waals surface area (Å²) < 4.78 is 5.43. The molecule has 0 radical (unpaired) electrons. The number of pyridine rings is 1. The van der Waals surface area contributed by atoms with Gasteiger partial charge >= 0.3 is 12.1 Å². The van der Waals surface area contributed by atoms with Crippen molar-refractivity contribution in [2.45, 2.75) is 12.8 Å². The standard InChI is InChI=1S/C22H17ClN2O4/c1-12-10-17(21(26)27)19(20(23)24-12)25-22(28)29-11-18-15-8-4-2-6-13(15)14-7-3-5-9-16(14)18/h2-10,18H,11H2,1H3,(H,25,28)(H,26,27). The summed E-state index contributed by atoms with van der Waals surface area (Å²) in [6.45, 7) is 1.73. The number of benzene rings is 2. The number of aromatic nitrogens is 1.